The van der Waals surface area contributed by atoms with Crippen LogP contribution in [0.4, 0.5) is 17.1 Å². The summed E-state index contributed by atoms with van der Waals surface area (Å²) in [4.78, 5) is 2.41. The van der Waals surface area contributed by atoms with Gasteiger partial charge in [-0.25, -0.2) is 0 Å². The van der Waals surface area contributed by atoms with Crippen LogP contribution >= 0.6 is 0 Å². The summed E-state index contributed by atoms with van der Waals surface area (Å²) >= 11 is 0. The van der Waals surface area contributed by atoms with E-state index >= 15 is 0 Å². The van der Waals surface area contributed by atoms with E-state index in [0.717, 1.165) is 50.1 Å². The van der Waals surface area contributed by atoms with Crippen LogP contribution in [0.1, 0.15) is 0 Å². The predicted molar refractivity (Wildman–Crippen MR) is 220 cm³/mol. The van der Waals surface area contributed by atoms with Gasteiger partial charge in [-0.15, -0.1) is 0 Å². The molecule has 0 aliphatic carbocycles. The lowest BCUT2D eigenvalue weighted by atomic mass is 9.95. The fraction of sp³-hybridized carbons (Fsp3) is 0. The number of anilines is 3. The molecule has 52 heavy (non-hydrogen) atoms. The first-order valence-corrected chi connectivity index (χ1v) is 17.8. The minimum atomic E-state index is 0.864. The third kappa shape index (κ3) is 5.21. The zero-order chi connectivity index (χ0) is 34.4. The van der Waals surface area contributed by atoms with E-state index in [4.69, 9.17) is 4.42 Å². The van der Waals surface area contributed by atoms with Crippen molar-refractivity contribution in [1.29, 1.82) is 0 Å². The average Bonchev–Trinajstić information content (AvgIpc) is 3.59. The molecule has 0 N–H and O–H groups in total. The predicted octanol–water partition coefficient (Wildman–Crippen LogP) is 14.4. The van der Waals surface area contributed by atoms with E-state index in [1.165, 1.54) is 43.8 Å². The molecule has 1 heterocycles. The van der Waals surface area contributed by atoms with E-state index in [9.17, 15) is 0 Å². The molecule has 0 aliphatic heterocycles. The van der Waals surface area contributed by atoms with Crippen LogP contribution in [0.5, 0.6) is 0 Å². The van der Waals surface area contributed by atoms with Crippen molar-refractivity contribution in [2.24, 2.45) is 0 Å². The zero-order valence-corrected chi connectivity index (χ0v) is 28.4. The highest BCUT2D eigenvalue weighted by Crippen LogP contribution is 2.46. The molecule has 0 radical (unpaired) electrons. The molecule has 10 rings (SSSR count). The van der Waals surface area contributed by atoms with Crippen molar-refractivity contribution >= 4 is 60.5 Å². The molecule has 0 aliphatic rings. The van der Waals surface area contributed by atoms with Gasteiger partial charge in [-0.05, 0) is 92.5 Å². The molecule has 0 saturated carbocycles. The molecule has 10 aromatic rings. The highest BCUT2D eigenvalue weighted by atomic mass is 16.3. The van der Waals surface area contributed by atoms with E-state index in [2.05, 4.69) is 193 Å². The van der Waals surface area contributed by atoms with Gasteiger partial charge in [0.2, 0.25) is 0 Å². The van der Waals surface area contributed by atoms with Gasteiger partial charge >= 0.3 is 0 Å². The molecule has 2 nitrogen and oxygen atoms in total. The van der Waals surface area contributed by atoms with Crippen LogP contribution in [0.2, 0.25) is 0 Å². The first-order valence-electron chi connectivity index (χ1n) is 17.8. The zero-order valence-electron chi connectivity index (χ0n) is 28.4. The molecule has 244 valence electrons. The Kier molecular flexibility index (Phi) is 7.18. The summed E-state index contributed by atoms with van der Waals surface area (Å²) < 4.78 is 6.48. The molecule has 1 aromatic heterocycles. The highest BCUT2D eigenvalue weighted by Gasteiger charge is 2.22. The number of hydrogen-bond acceptors (Lipinski definition) is 2. The Morgan fingerprint density at radius 1 is 0.308 bits per heavy atom. The molecule has 0 atom stereocenters. The molecular weight excluding hydrogens is 631 g/mol. The normalized spacial score (nSPS) is 11.5. The Labute approximate surface area is 302 Å². The van der Waals surface area contributed by atoms with Gasteiger partial charge in [-0.2, -0.15) is 0 Å². The van der Waals surface area contributed by atoms with Crippen LogP contribution in [-0.2, 0) is 0 Å². The quantitative estimate of drug-likeness (QED) is 0.176. The number of rotatable bonds is 6. The lowest BCUT2D eigenvalue weighted by Crippen LogP contribution is -2.12. The molecule has 0 spiro atoms. The van der Waals surface area contributed by atoms with Crippen molar-refractivity contribution in [2.45, 2.75) is 0 Å². The molecule has 0 fully saturated rings. The minimum Gasteiger partial charge on any atom is -0.456 e. The van der Waals surface area contributed by atoms with E-state index in [1.54, 1.807) is 0 Å². The van der Waals surface area contributed by atoms with Gasteiger partial charge in [0.1, 0.15) is 11.2 Å². The van der Waals surface area contributed by atoms with Crippen molar-refractivity contribution in [3.63, 3.8) is 0 Å². The maximum absolute atomic E-state index is 6.48. The van der Waals surface area contributed by atoms with Crippen molar-refractivity contribution in [3.8, 4) is 33.4 Å². The van der Waals surface area contributed by atoms with Crippen molar-refractivity contribution in [2.75, 3.05) is 4.90 Å². The van der Waals surface area contributed by atoms with Gasteiger partial charge in [0.15, 0.2) is 0 Å². The molecular formula is C50H33NO. The van der Waals surface area contributed by atoms with Gasteiger partial charge in [0, 0.05) is 33.5 Å². The topological polar surface area (TPSA) is 16.4 Å². The SMILES string of the molecule is c1ccc(-c2ccc(N(c3ccc4c(c3)oc3ccccc34)c3cccc4ccc(-c5ccc6ccccc6c5)cc34)c(-c3ccccc3)c2)cc1. The second kappa shape index (κ2) is 12.5. The first kappa shape index (κ1) is 30.0. The standard InChI is InChI=1S/C50H33NO/c1-3-12-34(13-4-1)40-26-29-48(45(31-40)36-15-5-2-6-16-36)51(42-27-28-44-43-19-9-10-21-49(43)52-50(44)33-42)47-20-11-18-37-23-25-41(32-46(37)47)39-24-22-35-14-7-8-17-38(35)30-39/h1-33H. The number of fused-ring (bicyclic) bond motifs is 5. The summed E-state index contributed by atoms with van der Waals surface area (Å²) in [6, 6.07) is 71.9. The summed E-state index contributed by atoms with van der Waals surface area (Å²) in [5.74, 6) is 0. The summed E-state index contributed by atoms with van der Waals surface area (Å²) in [5, 5.41) is 7.06. The molecule has 2 heteroatoms. The summed E-state index contributed by atoms with van der Waals surface area (Å²) in [6.07, 6.45) is 0. The van der Waals surface area contributed by atoms with Crippen LogP contribution in [0.25, 0.3) is 76.9 Å². The fourth-order valence-corrected chi connectivity index (χ4v) is 7.65. The summed E-state index contributed by atoms with van der Waals surface area (Å²) in [5.41, 5.74) is 12.0. The van der Waals surface area contributed by atoms with Gasteiger partial charge in [0.25, 0.3) is 0 Å². The van der Waals surface area contributed by atoms with Gasteiger partial charge in [-0.3, -0.25) is 0 Å². The van der Waals surface area contributed by atoms with Gasteiger partial charge < -0.3 is 9.32 Å². The van der Waals surface area contributed by atoms with E-state index in [0.29, 0.717) is 0 Å². The summed E-state index contributed by atoms with van der Waals surface area (Å²) in [6.45, 7) is 0. The van der Waals surface area contributed by atoms with Crippen LogP contribution in [0, 0.1) is 0 Å². The monoisotopic (exact) mass is 663 g/mol. The van der Waals surface area contributed by atoms with Crippen LogP contribution in [0.3, 0.4) is 0 Å². The number of para-hydroxylation sites is 1. The van der Waals surface area contributed by atoms with Crippen molar-refractivity contribution in [1.82, 2.24) is 0 Å². The Bertz CT molecular complexity index is 2910. The maximum Gasteiger partial charge on any atom is 0.137 e. The number of furan rings is 1. The Hall–Kier alpha value is -6.90. The molecule has 0 saturated heterocycles. The maximum atomic E-state index is 6.48. The Balaban J connectivity index is 1.23. The van der Waals surface area contributed by atoms with E-state index < -0.39 is 0 Å². The first-order chi connectivity index (χ1) is 25.8. The smallest absolute Gasteiger partial charge is 0.137 e. The molecule has 0 bridgehead atoms. The van der Waals surface area contributed by atoms with Crippen molar-refractivity contribution in [3.05, 3.63) is 200 Å². The Morgan fingerprint density at radius 2 is 0.942 bits per heavy atom. The van der Waals surface area contributed by atoms with Crippen LogP contribution in [-0.4, -0.2) is 0 Å². The second-order valence-corrected chi connectivity index (χ2v) is 13.4. The molecule has 9 aromatic carbocycles. The van der Waals surface area contributed by atoms with E-state index in [1.807, 2.05) is 12.1 Å². The molecule has 0 amide bonds. The van der Waals surface area contributed by atoms with Crippen LogP contribution in [0.15, 0.2) is 205 Å². The molecule has 0 unspecified atom stereocenters. The number of benzene rings is 9. The lowest BCUT2D eigenvalue weighted by Gasteiger charge is -2.29. The van der Waals surface area contributed by atoms with Crippen LogP contribution < -0.4 is 4.90 Å². The average molecular weight is 664 g/mol. The largest absolute Gasteiger partial charge is 0.456 e. The second-order valence-electron chi connectivity index (χ2n) is 13.4. The van der Waals surface area contributed by atoms with Gasteiger partial charge in [-0.1, -0.05) is 146 Å². The van der Waals surface area contributed by atoms with E-state index in [-0.39, 0.29) is 0 Å². The Morgan fingerprint density at radius 3 is 1.79 bits per heavy atom. The minimum absolute atomic E-state index is 0.864. The third-order valence-electron chi connectivity index (χ3n) is 10.2. The van der Waals surface area contributed by atoms with Gasteiger partial charge in [0.05, 0.1) is 11.4 Å². The highest BCUT2D eigenvalue weighted by molar-refractivity contribution is 6.08. The lowest BCUT2D eigenvalue weighted by molar-refractivity contribution is 0.669. The summed E-state index contributed by atoms with van der Waals surface area (Å²) in [7, 11) is 0. The number of nitrogens with zero attached hydrogens (tertiary/aromatic N) is 1. The third-order valence-corrected chi connectivity index (χ3v) is 10.2. The van der Waals surface area contributed by atoms with Crippen molar-refractivity contribution < 1.29 is 4.42 Å². The fourth-order valence-electron chi connectivity index (χ4n) is 7.65. The number of hydrogen-bond donors (Lipinski definition) is 0.